The zero-order valence-corrected chi connectivity index (χ0v) is 15.2. The van der Waals surface area contributed by atoms with E-state index in [2.05, 4.69) is 15.5 Å². The monoisotopic (exact) mass is 338 g/mol. The van der Waals surface area contributed by atoms with Crippen molar-refractivity contribution < 1.29 is 4.79 Å². The van der Waals surface area contributed by atoms with Crippen LogP contribution in [0.1, 0.15) is 24.2 Å². The van der Waals surface area contributed by atoms with Crippen molar-refractivity contribution in [3.05, 3.63) is 28.8 Å². The second-order valence-corrected chi connectivity index (χ2v) is 6.41. The van der Waals surface area contributed by atoms with Gasteiger partial charge in [0.25, 0.3) is 5.91 Å². The Bertz CT molecular complexity index is 539. The number of carbonyl (C=O) groups excluding carboxylic acids is 1. The summed E-state index contributed by atoms with van der Waals surface area (Å²) < 4.78 is 0. The summed E-state index contributed by atoms with van der Waals surface area (Å²) in [5.74, 6) is -0.0705. The van der Waals surface area contributed by atoms with Gasteiger partial charge in [0.1, 0.15) is 0 Å². The second kappa shape index (κ2) is 7.99. The van der Waals surface area contributed by atoms with Crippen molar-refractivity contribution in [2.75, 3.05) is 45.6 Å². The summed E-state index contributed by atoms with van der Waals surface area (Å²) in [7, 11) is 3.45. The molecular weight excluding hydrogens is 312 g/mol. The molecule has 2 fully saturated rings. The number of anilines is 1. The van der Waals surface area contributed by atoms with Crippen LogP contribution in [0.3, 0.4) is 0 Å². The maximum atomic E-state index is 11.9. The Morgan fingerprint density at radius 2 is 1.96 bits per heavy atom. The predicted molar refractivity (Wildman–Crippen MR) is 96.5 cm³/mol. The highest BCUT2D eigenvalue weighted by Crippen LogP contribution is 2.24. The molecule has 0 atom stereocenters. The number of nitrogens with zero attached hydrogens (tertiary/aromatic N) is 2. The van der Waals surface area contributed by atoms with E-state index in [0.29, 0.717) is 22.7 Å². The summed E-state index contributed by atoms with van der Waals surface area (Å²) in [6, 6.07) is 6.74. The number of hydrogen-bond acceptors (Lipinski definition) is 4. The lowest BCUT2D eigenvalue weighted by atomic mass is 10.0. The average Bonchev–Trinajstić information content (AvgIpc) is 2.44. The Morgan fingerprint density at radius 3 is 2.43 bits per heavy atom. The quantitative estimate of drug-likeness (QED) is 0.883. The van der Waals surface area contributed by atoms with Crippen LogP contribution < -0.4 is 10.6 Å². The van der Waals surface area contributed by atoms with Crippen LogP contribution in [0.15, 0.2) is 18.2 Å². The smallest absolute Gasteiger partial charge is 0.254 e. The SMILES string of the molecule is CC.CN(C)C(=O)c1ccc(NC2CN(C3CNC3)C2)cc1Cl. The molecule has 0 bridgehead atoms. The number of amides is 1. The van der Waals surface area contributed by atoms with Crippen molar-refractivity contribution in [3.8, 4) is 0 Å². The first-order chi connectivity index (χ1) is 11.0. The van der Waals surface area contributed by atoms with Gasteiger partial charge in [-0.1, -0.05) is 25.4 Å². The van der Waals surface area contributed by atoms with Gasteiger partial charge in [-0.2, -0.15) is 0 Å². The zero-order valence-electron chi connectivity index (χ0n) is 14.4. The van der Waals surface area contributed by atoms with E-state index in [4.69, 9.17) is 11.6 Å². The molecular formula is C17H27ClN4O. The van der Waals surface area contributed by atoms with Crippen LogP contribution in [0, 0.1) is 0 Å². The number of hydrogen-bond donors (Lipinski definition) is 2. The molecule has 1 aromatic carbocycles. The maximum absolute atomic E-state index is 11.9. The van der Waals surface area contributed by atoms with Crippen molar-refractivity contribution in [1.29, 1.82) is 0 Å². The molecule has 2 saturated heterocycles. The molecule has 2 aliphatic heterocycles. The number of rotatable bonds is 4. The van der Waals surface area contributed by atoms with Gasteiger partial charge in [-0.25, -0.2) is 0 Å². The van der Waals surface area contributed by atoms with Crippen LogP contribution in [0.5, 0.6) is 0 Å². The fourth-order valence-electron chi connectivity index (χ4n) is 2.69. The number of carbonyl (C=O) groups is 1. The average molecular weight is 339 g/mol. The number of halogens is 1. The van der Waals surface area contributed by atoms with Crippen molar-refractivity contribution in [2.24, 2.45) is 0 Å². The Hall–Kier alpha value is -1.30. The predicted octanol–water partition coefficient (Wildman–Crippen LogP) is 2.14. The van der Waals surface area contributed by atoms with Crippen LogP contribution in [0.25, 0.3) is 0 Å². The Morgan fingerprint density at radius 1 is 1.30 bits per heavy atom. The van der Waals surface area contributed by atoms with Gasteiger partial charge in [-0.15, -0.1) is 0 Å². The standard InChI is InChI=1S/C15H21ClN4O.C2H6/c1-19(2)15(21)13-4-3-10(5-14(13)16)18-11-8-20(9-11)12-6-17-7-12;1-2/h3-5,11-12,17-18H,6-9H2,1-2H3;1-2H3. The number of nitrogens with one attached hydrogen (secondary N) is 2. The third-order valence-corrected chi connectivity index (χ3v) is 4.48. The number of benzene rings is 1. The van der Waals surface area contributed by atoms with Crippen molar-refractivity contribution in [2.45, 2.75) is 25.9 Å². The molecule has 0 aliphatic carbocycles. The minimum absolute atomic E-state index is 0.0705. The molecule has 0 radical (unpaired) electrons. The van der Waals surface area contributed by atoms with E-state index in [0.717, 1.165) is 31.9 Å². The highest BCUT2D eigenvalue weighted by atomic mass is 35.5. The first kappa shape index (κ1) is 18.0. The molecule has 3 rings (SSSR count). The van der Waals surface area contributed by atoms with E-state index in [1.54, 1.807) is 20.2 Å². The Balaban J connectivity index is 0.000000924. The molecule has 6 heteroatoms. The van der Waals surface area contributed by atoms with E-state index in [1.165, 1.54) is 4.90 Å². The number of likely N-dealkylation sites (tertiary alicyclic amines) is 1. The molecule has 1 aromatic rings. The molecule has 5 nitrogen and oxygen atoms in total. The van der Waals surface area contributed by atoms with E-state index in [1.807, 2.05) is 26.0 Å². The van der Waals surface area contributed by atoms with Gasteiger partial charge in [0.15, 0.2) is 0 Å². The summed E-state index contributed by atoms with van der Waals surface area (Å²) in [6.07, 6.45) is 0. The molecule has 23 heavy (non-hydrogen) atoms. The zero-order chi connectivity index (χ0) is 17.0. The lowest BCUT2D eigenvalue weighted by molar-refractivity contribution is 0.0707. The van der Waals surface area contributed by atoms with E-state index in [9.17, 15) is 4.79 Å². The van der Waals surface area contributed by atoms with Crippen molar-refractivity contribution in [1.82, 2.24) is 15.1 Å². The van der Waals surface area contributed by atoms with Crippen LogP contribution in [-0.4, -0.2) is 68.1 Å². The van der Waals surface area contributed by atoms with E-state index in [-0.39, 0.29) is 5.91 Å². The summed E-state index contributed by atoms with van der Waals surface area (Å²) in [4.78, 5) is 16.0. The summed E-state index contributed by atoms with van der Waals surface area (Å²) in [5.41, 5.74) is 1.52. The molecule has 0 aromatic heterocycles. The molecule has 128 valence electrons. The fourth-order valence-corrected chi connectivity index (χ4v) is 2.95. The first-order valence-corrected chi connectivity index (χ1v) is 8.65. The second-order valence-electron chi connectivity index (χ2n) is 6.00. The summed E-state index contributed by atoms with van der Waals surface area (Å²) in [5, 5.41) is 7.27. The summed E-state index contributed by atoms with van der Waals surface area (Å²) in [6.45, 7) is 8.37. The highest BCUT2D eigenvalue weighted by molar-refractivity contribution is 6.34. The van der Waals surface area contributed by atoms with Crippen LogP contribution in [0.4, 0.5) is 5.69 Å². The van der Waals surface area contributed by atoms with Crippen LogP contribution in [-0.2, 0) is 0 Å². The molecule has 0 saturated carbocycles. The van der Waals surface area contributed by atoms with Gasteiger partial charge < -0.3 is 15.5 Å². The minimum atomic E-state index is -0.0705. The summed E-state index contributed by atoms with van der Waals surface area (Å²) >= 11 is 6.22. The largest absolute Gasteiger partial charge is 0.380 e. The minimum Gasteiger partial charge on any atom is -0.380 e. The van der Waals surface area contributed by atoms with Crippen molar-refractivity contribution >= 4 is 23.2 Å². The fraction of sp³-hybridized carbons (Fsp3) is 0.588. The molecule has 1 amide bonds. The van der Waals surface area contributed by atoms with E-state index >= 15 is 0 Å². The molecule has 0 spiro atoms. The maximum Gasteiger partial charge on any atom is 0.254 e. The lowest BCUT2D eigenvalue weighted by Gasteiger charge is -2.48. The lowest BCUT2D eigenvalue weighted by Crippen LogP contribution is -2.67. The van der Waals surface area contributed by atoms with E-state index < -0.39 is 0 Å². The van der Waals surface area contributed by atoms with Gasteiger partial charge in [0, 0.05) is 52.0 Å². The molecule has 2 heterocycles. The Labute approximate surface area is 144 Å². The molecule has 2 aliphatic rings. The van der Waals surface area contributed by atoms with Crippen molar-refractivity contribution in [3.63, 3.8) is 0 Å². The van der Waals surface area contributed by atoms with Gasteiger partial charge in [-0.3, -0.25) is 9.69 Å². The van der Waals surface area contributed by atoms with Crippen LogP contribution in [0.2, 0.25) is 5.02 Å². The third-order valence-electron chi connectivity index (χ3n) is 4.16. The topological polar surface area (TPSA) is 47.6 Å². The molecule has 0 unspecified atom stereocenters. The normalized spacial score (nSPS) is 18.3. The Kier molecular flexibility index (Phi) is 6.27. The van der Waals surface area contributed by atoms with Gasteiger partial charge >= 0.3 is 0 Å². The van der Waals surface area contributed by atoms with Gasteiger partial charge in [0.2, 0.25) is 0 Å². The third kappa shape index (κ3) is 4.16. The van der Waals surface area contributed by atoms with Crippen LogP contribution >= 0.6 is 11.6 Å². The van der Waals surface area contributed by atoms with Gasteiger partial charge in [-0.05, 0) is 18.2 Å². The van der Waals surface area contributed by atoms with Gasteiger partial charge in [0.05, 0.1) is 16.6 Å². The first-order valence-electron chi connectivity index (χ1n) is 8.27. The highest BCUT2D eigenvalue weighted by Gasteiger charge is 2.34. The molecule has 2 N–H and O–H groups in total.